The van der Waals surface area contributed by atoms with Crippen LogP contribution in [0, 0.1) is 0 Å². The van der Waals surface area contributed by atoms with Crippen LogP contribution in [0.5, 0.6) is 0 Å². The quantitative estimate of drug-likeness (QED) is 0.644. The highest BCUT2D eigenvalue weighted by Gasteiger charge is 2.17. The molecule has 70 valence electrons. The fourth-order valence-corrected chi connectivity index (χ4v) is 2.12. The van der Waals surface area contributed by atoms with Crippen LogP contribution >= 0.6 is 23.2 Å². The second-order valence-electron chi connectivity index (χ2n) is 3.49. The number of fused-ring (bicyclic) bond motifs is 1. The van der Waals surface area contributed by atoms with E-state index < -0.39 is 0 Å². The SMILES string of the molecule is CN1CCc2ccc(Cl)c(Cl)c2C1. The molecule has 3 heteroatoms. The Kier molecular flexibility index (Phi) is 2.50. The van der Waals surface area contributed by atoms with Crippen LogP contribution < -0.4 is 0 Å². The van der Waals surface area contributed by atoms with E-state index in [1.165, 1.54) is 11.1 Å². The number of hydrogen-bond donors (Lipinski definition) is 0. The second kappa shape index (κ2) is 3.49. The number of rotatable bonds is 0. The van der Waals surface area contributed by atoms with Gasteiger partial charge in [-0.3, -0.25) is 0 Å². The van der Waals surface area contributed by atoms with Crippen LogP contribution in [0.3, 0.4) is 0 Å². The standard InChI is InChI=1S/C10H11Cl2N/c1-13-5-4-7-2-3-9(11)10(12)8(7)6-13/h2-3H,4-6H2,1H3. The summed E-state index contributed by atoms with van der Waals surface area (Å²) in [5.41, 5.74) is 2.54. The predicted molar refractivity (Wildman–Crippen MR) is 56.5 cm³/mol. The normalized spacial score (nSPS) is 17.2. The lowest BCUT2D eigenvalue weighted by Gasteiger charge is -2.25. The number of nitrogens with zero attached hydrogens (tertiary/aromatic N) is 1. The molecule has 0 radical (unpaired) electrons. The summed E-state index contributed by atoms with van der Waals surface area (Å²) in [7, 11) is 2.10. The molecule has 13 heavy (non-hydrogen) atoms. The Morgan fingerprint density at radius 1 is 1.31 bits per heavy atom. The van der Waals surface area contributed by atoms with E-state index in [9.17, 15) is 0 Å². The molecule has 0 unspecified atom stereocenters. The Morgan fingerprint density at radius 2 is 2.08 bits per heavy atom. The topological polar surface area (TPSA) is 3.24 Å². The van der Waals surface area contributed by atoms with Crippen molar-refractivity contribution in [2.24, 2.45) is 0 Å². The first-order valence-corrected chi connectivity index (χ1v) is 5.08. The molecule has 0 saturated carbocycles. The van der Waals surface area contributed by atoms with Gasteiger partial charge < -0.3 is 4.90 Å². The maximum Gasteiger partial charge on any atom is 0.0640 e. The Bertz CT molecular complexity index is 336. The van der Waals surface area contributed by atoms with E-state index in [1.807, 2.05) is 6.07 Å². The molecule has 0 fully saturated rings. The molecule has 0 spiro atoms. The highest BCUT2D eigenvalue weighted by molar-refractivity contribution is 6.42. The van der Waals surface area contributed by atoms with Gasteiger partial charge in [-0.15, -0.1) is 0 Å². The molecular weight excluding hydrogens is 205 g/mol. The molecule has 1 nitrogen and oxygen atoms in total. The molecule has 0 amide bonds. The van der Waals surface area contributed by atoms with Crippen LogP contribution in [0.25, 0.3) is 0 Å². The lowest BCUT2D eigenvalue weighted by atomic mass is 10.0. The minimum atomic E-state index is 0.663. The highest BCUT2D eigenvalue weighted by Crippen LogP contribution is 2.31. The van der Waals surface area contributed by atoms with Crippen LogP contribution in [-0.4, -0.2) is 18.5 Å². The first-order chi connectivity index (χ1) is 6.18. The Hall–Kier alpha value is -0.240. The molecule has 1 heterocycles. The van der Waals surface area contributed by atoms with E-state index in [0.29, 0.717) is 5.02 Å². The molecular formula is C10H11Cl2N. The minimum absolute atomic E-state index is 0.663. The summed E-state index contributed by atoms with van der Waals surface area (Å²) in [4.78, 5) is 2.25. The Balaban J connectivity index is 2.48. The molecule has 0 aromatic heterocycles. The van der Waals surface area contributed by atoms with E-state index in [1.54, 1.807) is 0 Å². The monoisotopic (exact) mass is 215 g/mol. The smallest absolute Gasteiger partial charge is 0.0640 e. The van der Waals surface area contributed by atoms with Gasteiger partial charge in [0.2, 0.25) is 0 Å². The van der Waals surface area contributed by atoms with E-state index >= 15 is 0 Å². The van der Waals surface area contributed by atoms with Gasteiger partial charge in [-0.05, 0) is 30.7 Å². The van der Waals surface area contributed by atoms with Gasteiger partial charge in [0.05, 0.1) is 10.0 Å². The molecule has 1 aromatic carbocycles. The highest BCUT2D eigenvalue weighted by atomic mass is 35.5. The molecule has 0 aliphatic carbocycles. The maximum absolute atomic E-state index is 6.12. The third kappa shape index (κ3) is 1.69. The zero-order chi connectivity index (χ0) is 9.42. The van der Waals surface area contributed by atoms with Crippen LogP contribution in [0.1, 0.15) is 11.1 Å². The Labute approximate surface area is 88.3 Å². The predicted octanol–water partition coefficient (Wildman–Crippen LogP) is 2.98. The fraction of sp³-hybridized carbons (Fsp3) is 0.400. The summed E-state index contributed by atoms with van der Waals surface area (Å²) in [5, 5.41) is 1.39. The molecule has 1 aliphatic rings. The average Bonchev–Trinajstić information content (AvgIpc) is 2.12. The van der Waals surface area contributed by atoms with Gasteiger partial charge in [0.15, 0.2) is 0 Å². The zero-order valence-electron chi connectivity index (χ0n) is 7.48. The van der Waals surface area contributed by atoms with E-state index in [-0.39, 0.29) is 0 Å². The number of benzene rings is 1. The first kappa shape index (κ1) is 9.32. The number of halogens is 2. The second-order valence-corrected chi connectivity index (χ2v) is 4.27. The van der Waals surface area contributed by atoms with Gasteiger partial charge in [-0.1, -0.05) is 29.3 Å². The lowest BCUT2D eigenvalue weighted by Crippen LogP contribution is -2.26. The van der Waals surface area contributed by atoms with Crippen LogP contribution in [0.4, 0.5) is 0 Å². The van der Waals surface area contributed by atoms with Crippen LogP contribution in [0.2, 0.25) is 10.0 Å². The van der Waals surface area contributed by atoms with Crippen LogP contribution in [-0.2, 0) is 13.0 Å². The van der Waals surface area contributed by atoms with Gasteiger partial charge in [-0.25, -0.2) is 0 Å². The van der Waals surface area contributed by atoms with Gasteiger partial charge in [0.25, 0.3) is 0 Å². The summed E-state index contributed by atoms with van der Waals surface area (Å²) in [6.07, 6.45) is 1.07. The van der Waals surface area contributed by atoms with E-state index in [0.717, 1.165) is 24.5 Å². The number of hydrogen-bond acceptors (Lipinski definition) is 1. The summed E-state index contributed by atoms with van der Waals surface area (Å²) in [6.45, 7) is 2.01. The van der Waals surface area contributed by atoms with Crippen molar-refractivity contribution >= 4 is 23.2 Å². The van der Waals surface area contributed by atoms with E-state index in [2.05, 4.69) is 18.0 Å². The first-order valence-electron chi connectivity index (χ1n) is 4.33. The third-order valence-corrected chi connectivity index (χ3v) is 3.33. The third-order valence-electron chi connectivity index (χ3n) is 2.48. The molecule has 0 bridgehead atoms. The van der Waals surface area contributed by atoms with Crippen molar-refractivity contribution in [2.75, 3.05) is 13.6 Å². The van der Waals surface area contributed by atoms with Gasteiger partial charge >= 0.3 is 0 Å². The van der Waals surface area contributed by atoms with Crippen molar-refractivity contribution in [3.63, 3.8) is 0 Å². The molecule has 1 aliphatic heterocycles. The van der Waals surface area contributed by atoms with Gasteiger partial charge in [0, 0.05) is 13.1 Å². The number of likely N-dealkylation sites (N-methyl/N-ethyl adjacent to an activating group) is 1. The molecule has 0 atom stereocenters. The van der Waals surface area contributed by atoms with Gasteiger partial charge in [-0.2, -0.15) is 0 Å². The zero-order valence-corrected chi connectivity index (χ0v) is 8.99. The largest absolute Gasteiger partial charge is 0.302 e. The van der Waals surface area contributed by atoms with Crippen molar-refractivity contribution in [3.05, 3.63) is 33.3 Å². The minimum Gasteiger partial charge on any atom is -0.302 e. The Morgan fingerprint density at radius 3 is 2.85 bits per heavy atom. The van der Waals surface area contributed by atoms with Crippen molar-refractivity contribution in [2.45, 2.75) is 13.0 Å². The van der Waals surface area contributed by atoms with Crippen molar-refractivity contribution in [3.8, 4) is 0 Å². The summed E-state index contributed by atoms with van der Waals surface area (Å²) < 4.78 is 0. The van der Waals surface area contributed by atoms with Crippen molar-refractivity contribution in [1.82, 2.24) is 4.90 Å². The average molecular weight is 216 g/mol. The summed E-state index contributed by atoms with van der Waals surface area (Å²) in [5.74, 6) is 0. The van der Waals surface area contributed by atoms with Gasteiger partial charge in [0.1, 0.15) is 0 Å². The molecule has 0 saturated heterocycles. The molecule has 2 rings (SSSR count). The van der Waals surface area contributed by atoms with Crippen molar-refractivity contribution in [1.29, 1.82) is 0 Å². The summed E-state index contributed by atoms with van der Waals surface area (Å²) >= 11 is 12.1. The van der Waals surface area contributed by atoms with Crippen molar-refractivity contribution < 1.29 is 0 Å². The molecule has 1 aromatic rings. The van der Waals surface area contributed by atoms with Crippen LogP contribution in [0.15, 0.2) is 12.1 Å². The fourth-order valence-electron chi connectivity index (χ4n) is 1.70. The maximum atomic E-state index is 6.12. The lowest BCUT2D eigenvalue weighted by molar-refractivity contribution is 0.313. The molecule has 0 N–H and O–H groups in total. The summed E-state index contributed by atoms with van der Waals surface area (Å²) in [6, 6.07) is 3.96. The van der Waals surface area contributed by atoms with E-state index in [4.69, 9.17) is 23.2 Å².